The van der Waals surface area contributed by atoms with E-state index < -0.39 is 0 Å². The Balaban J connectivity index is 1.64. The topological polar surface area (TPSA) is 67.2 Å². The van der Waals surface area contributed by atoms with Crippen molar-refractivity contribution >= 4 is 17.6 Å². The molecule has 1 N–H and O–H groups in total. The molecule has 0 radical (unpaired) electrons. The second kappa shape index (κ2) is 7.91. The van der Waals surface area contributed by atoms with Gasteiger partial charge < -0.3 is 10.2 Å². The summed E-state index contributed by atoms with van der Waals surface area (Å²) in [6.45, 7) is 4.88. The van der Waals surface area contributed by atoms with Crippen molar-refractivity contribution in [3.63, 3.8) is 0 Å². The summed E-state index contributed by atoms with van der Waals surface area (Å²) in [6, 6.07) is 19.4. The molecule has 1 aliphatic rings. The summed E-state index contributed by atoms with van der Waals surface area (Å²) in [7, 11) is 0. The zero-order valence-corrected chi connectivity index (χ0v) is 16.6. The predicted molar refractivity (Wildman–Crippen MR) is 112 cm³/mol. The monoisotopic (exact) mass is 388 g/mol. The number of aromatic nitrogens is 2. The molecule has 2 amide bonds. The van der Waals surface area contributed by atoms with Gasteiger partial charge in [0.2, 0.25) is 5.91 Å². The average molecular weight is 388 g/mol. The van der Waals surface area contributed by atoms with Crippen molar-refractivity contribution in [1.29, 1.82) is 0 Å². The molecule has 0 bridgehead atoms. The van der Waals surface area contributed by atoms with Crippen molar-refractivity contribution in [2.75, 3.05) is 11.9 Å². The first-order valence-corrected chi connectivity index (χ1v) is 9.85. The summed E-state index contributed by atoms with van der Waals surface area (Å²) < 4.78 is 1.62. The Morgan fingerprint density at radius 1 is 1.00 bits per heavy atom. The van der Waals surface area contributed by atoms with Crippen molar-refractivity contribution in [2.24, 2.45) is 5.92 Å². The first-order valence-electron chi connectivity index (χ1n) is 9.85. The first kappa shape index (κ1) is 18.9. The number of fused-ring (bicyclic) bond motifs is 1. The molecule has 148 valence electrons. The number of hydrogen-bond donors (Lipinski definition) is 1. The van der Waals surface area contributed by atoms with Gasteiger partial charge in [-0.2, -0.15) is 5.10 Å². The van der Waals surface area contributed by atoms with E-state index in [0.29, 0.717) is 24.6 Å². The molecule has 0 fully saturated rings. The molecule has 6 heteroatoms. The van der Waals surface area contributed by atoms with E-state index in [2.05, 4.69) is 22.5 Å². The summed E-state index contributed by atoms with van der Waals surface area (Å²) in [6.07, 6.45) is 0.832. The Kier molecular flexibility index (Phi) is 5.16. The molecule has 0 unspecified atom stereocenters. The minimum absolute atomic E-state index is 0.118. The van der Waals surface area contributed by atoms with Crippen LogP contribution in [0.2, 0.25) is 0 Å². The van der Waals surface area contributed by atoms with Gasteiger partial charge >= 0.3 is 0 Å². The number of para-hydroxylation sites is 1. The third-order valence-corrected chi connectivity index (χ3v) is 5.12. The van der Waals surface area contributed by atoms with Gasteiger partial charge in [0.05, 0.1) is 5.69 Å². The van der Waals surface area contributed by atoms with Gasteiger partial charge in [0.15, 0.2) is 5.69 Å². The number of hydrogen-bond acceptors (Lipinski definition) is 3. The molecule has 0 saturated heterocycles. The van der Waals surface area contributed by atoms with Gasteiger partial charge in [-0.1, -0.05) is 56.3 Å². The highest BCUT2D eigenvalue weighted by molar-refractivity contribution is 5.96. The molecule has 1 aromatic heterocycles. The Morgan fingerprint density at radius 3 is 2.41 bits per heavy atom. The van der Waals surface area contributed by atoms with Crippen LogP contribution in [-0.4, -0.2) is 33.0 Å². The van der Waals surface area contributed by atoms with Crippen LogP contribution in [0.5, 0.6) is 0 Å². The molecule has 0 spiro atoms. The highest BCUT2D eigenvalue weighted by Crippen LogP contribution is 2.23. The Morgan fingerprint density at radius 2 is 1.69 bits per heavy atom. The highest BCUT2D eigenvalue weighted by atomic mass is 16.2. The Bertz CT molecular complexity index is 1040. The van der Waals surface area contributed by atoms with Crippen molar-refractivity contribution in [1.82, 2.24) is 14.7 Å². The number of nitrogens with zero attached hydrogens (tertiary/aromatic N) is 3. The van der Waals surface area contributed by atoms with E-state index in [1.165, 1.54) is 11.1 Å². The van der Waals surface area contributed by atoms with Crippen LogP contribution in [0.25, 0.3) is 5.69 Å². The Hall–Kier alpha value is -3.41. The third kappa shape index (κ3) is 3.92. The van der Waals surface area contributed by atoms with Crippen LogP contribution in [0.3, 0.4) is 0 Å². The highest BCUT2D eigenvalue weighted by Gasteiger charge is 2.25. The van der Waals surface area contributed by atoms with E-state index in [4.69, 9.17) is 0 Å². The van der Waals surface area contributed by atoms with Crippen LogP contribution >= 0.6 is 0 Å². The molecule has 1 aliphatic heterocycles. The van der Waals surface area contributed by atoms with E-state index >= 15 is 0 Å². The zero-order valence-electron chi connectivity index (χ0n) is 16.6. The Labute approximate surface area is 170 Å². The molecule has 2 aromatic carbocycles. The van der Waals surface area contributed by atoms with Gasteiger partial charge in [0.1, 0.15) is 5.82 Å². The van der Waals surface area contributed by atoms with Gasteiger partial charge in [0.25, 0.3) is 5.91 Å². The largest absolute Gasteiger partial charge is 0.333 e. The number of nitrogens with one attached hydrogen (secondary N) is 1. The molecule has 0 aliphatic carbocycles. The van der Waals surface area contributed by atoms with Crippen LogP contribution in [0.4, 0.5) is 5.82 Å². The number of anilines is 1. The normalized spacial score (nSPS) is 13.3. The molecular formula is C23H24N4O2. The fourth-order valence-corrected chi connectivity index (χ4v) is 3.44. The second-order valence-corrected chi connectivity index (χ2v) is 7.55. The SMILES string of the molecule is CC(C)C(=O)Nc1cc(C(=O)N2CCc3ccccc3C2)nn1-c1ccccc1. The van der Waals surface area contributed by atoms with E-state index in [1.54, 1.807) is 10.7 Å². The molecule has 29 heavy (non-hydrogen) atoms. The summed E-state index contributed by atoms with van der Waals surface area (Å²) in [5.74, 6) is 0.0738. The number of carbonyl (C=O) groups is 2. The lowest BCUT2D eigenvalue weighted by atomic mass is 10.00. The second-order valence-electron chi connectivity index (χ2n) is 7.55. The number of benzene rings is 2. The molecular weight excluding hydrogens is 364 g/mol. The lowest BCUT2D eigenvalue weighted by molar-refractivity contribution is -0.118. The molecule has 2 heterocycles. The minimum atomic E-state index is -0.174. The third-order valence-electron chi connectivity index (χ3n) is 5.12. The quantitative estimate of drug-likeness (QED) is 0.742. The number of carbonyl (C=O) groups excluding carboxylic acids is 2. The lowest BCUT2D eigenvalue weighted by Gasteiger charge is -2.28. The van der Waals surface area contributed by atoms with E-state index in [0.717, 1.165) is 12.1 Å². The summed E-state index contributed by atoms with van der Waals surface area (Å²) in [5.41, 5.74) is 3.57. The maximum Gasteiger partial charge on any atom is 0.274 e. The average Bonchev–Trinajstić information content (AvgIpc) is 3.17. The van der Waals surface area contributed by atoms with Crippen molar-refractivity contribution in [2.45, 2.75) is 26.8 Å². The first-order chi connectivity index (χ1) is 14.0. The van der Waals surface area contributed by atoms with Crippen LogP contribution in [0.1, 0.15) is 35.5 Å². The van der Waals surface area contributed by atoms with E-state index in [-0.39, 0.29) is 17.7 Å². The summed E-state index contributed by atoms with van der Waals surface area (Å²) in [5, 5.41) is 7.43. The van der Waals surface area contributed by atoms with Crippen LogP contribution in [0.15, 0.2) is 60.7 Å². The van der Waals surface area contributed by atoms with Gasteiger partial charge in [-0.05, 0) is 29.7 Å². The lowest BCUT2D eigenvalue weighted by Crippen LogP contribution is -2.36. The summed E-state index contributed by atoms with van der Waals surface area (Å²) >= 11 is 0. The van der Waals surface area contributed by atoms with Gasteiger partial charge in [-0.15, -0.1) is 0 Å². The maximum atomic E-state index is 13.2. The fourth-order valence-electron chi connectivity index (χ4n) is 3.44. The zero-order chi connectivity index (χ0) is 20.4. The minimum Gasteiger partial charge on any atom is -0.333 e. The molecule has 6 nitrogen and oxygen atoms in total. The van der Waals surface area contributed by atoms with Crippen molar-refractivity contribution < 1.29 is 9.59 Å². The number of rotatable bonds is 4. The van der Waals surface area contributed by atoms with Gasteiger partial charge in [-0.25, -0.2) is 4.68 Å². The van der Waals surface area contributed by atoms with E-state index in [1.807, 2.05) is 61.2 Å². The van der Waals surface area contributed by atoms with Crippen LogP contribution < -0.4 is 5.32 Å². The molecule has 0 saturated carbocycles. The molecule has 0 atom stereocenters. The molecule has 3 aromatic rings. The van der Waals surface area contributed by atoms with Gasteiger partial charge in [-0.3, -0.25) is 9.59 Å². The van der Waals surface area contributed by atoms with Crippen LogP contribution in [-0.2, 0) is 17.8 Å². The standard InChI is InChI=1S/C23H24N4O2/c1-16(2)22(28)24-21-14-20(25-27(21)19-10-4-3-5-11-19)23(29)26-13-12-17-8-6-7-9-18(17)15-26/h3-11,14,16H,12-13,15H2,1-2H3,(H,24,28). The predicted octanol–water partition coefficient (Wildman–Crippen LogP) is 3.67. The maximum absolute atomic E-state index is 13.2. The van der Waals surface area contributed by atoms with Crippen LogP contribution in [0, 0.1) is 5.92 Å². The number of amides is 2. The van der Waals surface area contributed by atoms with E-state index in [9.17, 15) is 9.59 Å². The smallest absolute Gasteiger partial charge is 0.274 e. The van der Waals surface area contributed by atoms with Crippen molar-refractivity contribution in [3.8, 4) is 5.69 Å². The molecule has 4 rings (SSSR count). The fraction of sp³-hybridized carbons (Fsp3) is 0.261. The van der Waals surface area contributed by atoms with Gasteiger partial charge in [0, 0.05) is 25.1 Å². The van der Waals surface area contributed by atoms with Crippen molar-refractivity contribution in [3.05, 3.63) is 77.5 Å². The summed E-state index contributed by atoms with van der Waals surface area (Å²) in [4.78, 5) is 27.2.